The van der Waals surface area contributed by atoms with Crippen molar-refractivity contribution < 1.29 is 14.7 Å². The maximum atomic E-state index is 12.4. The van der Waals surface area contributed by atoms with Gasteiger partial charge in [-0.1, -0.05) is 34.5 Å². The summed E-state index contributed by atoms with van der Waals surface area (Å²) in [5.74, 6) is -2.00. The van der Waals surface area contributed by atoms with Gasteiger partial charge in [0.05, 0.1) is 17.4 Å². The molecule has 1 saturated carbocycles. The smallest absolute Gasteiger partial charge is 0.307 e. The minimum absolute atomic E-state index is 0.159. The van der Waals surface area contributed by atoms with Gasteiger partial charge in [0.2, 0.25) is 5.91 Å². The van der Waals surface area contributed by atoms with E-state index in [9.17, 15) is 14.7 Å². The Balaban J connectivity index is 2.10. The molecule has 0 spiro atoms. The summed E-state index contributed by atoms with van der Waals surface area (Å²) in [4.78, 5) is 23.6. The number of halogens is 1. The number of hydrogen-bond acceptors (Lipinski definition) is 2. The first-order chi connectivity index (χ1) is 9.81. The summed E-state index contributed by atoms with van der Waals surface area (Å²) in [5, 5.41) is 12.2. The van der Waals surface area contributed by atoms with Crippen molar-refractivity contribution in [2.24, 2.45) is 11.8 Å². The first kappa shape index (κ1) is 16.0. The van der Waals surface area contributed by atoms with Crippen LogP contribution < -0.4 is 5.32 Å². The van der Waals surface area contributed by atoms with E-state index < -0.39 is 23.3 Å². The molecule has 1 aromatic carbocycles. The summed E-state index contributed by atoms with van der Waals surface area (Å²) < 4.78 is 0.982. The van der Waals surface area contributed by atoms with Gasteiger partial charge in [-0.15, -0.1) is 0 Å². The Morgan fingerprint density at radius 1 is 1.19 bits per heavy atom. The van der Waals surface area contributed by atoms with Crippen molar-refractivity contribution in [2.75, 3.05) is 0 Å². The molecule has 0 heterocycles. The van der Waals surface area contributed by atoms with Crippen molar-refractivity contribution in [3.8, 4) is 0 Å². The molecule has 2 N–H and O–H groups in total. The molecule has 1 amide bonds. The Morgan fingerprint density at radius 3 is 2.33 bits per heavy atom. The van der Waals surface area contributed by atoms with Crippen LogP contribution in [0.3, 0.4) is 0 Å². The van der Waals surface area contributed by atoms with Crippen LogP contribution in [-0.4, -0.2) is 17.0 Å². The summed E-state index contributed by atoms with van der Waals surface area (Å²) in [6.07, 6.45) is 2.04. The molecule has 2 rings (SSSR count). The fourth-order valence-electron chi connectivity index (χ4n) is 2.91. The number of amides is 1. The second-order valence-corrected chi connectivity index (χ2v) is 7.02. The number of carbonyl (C=O) groups is 2. The van der Waals surface area contributed by atoms with Gasteiger partial charge in [0.15, 0.2) is 0 Å². The van der Waals surface area contributed by atoms with Crippen molar-refractivity contribution >= 4 is 27.8 Å². The zero-order chi connectivity index (χ0) is 15.6. The highest BCUT2D eigenvalue weighted by atomic mass is 79.9. The largest absolute Gasteiger partial charge is 0.481 e. The Morgan fingerprint density at radius 2 is 1.76 bits per heavy atom. The molecule has 0 bridgehead atoms. The number of carboxylic acids is 1. The molecule has 4 nitrogen and oxygen atoms in total. The van der Waals surface area contributed by atoms with Gasteiger partial charge in [0.25, 0.3) is 0 Å². The number of benzene rings is 1. The summed E-state index contributed by atoms with van der Waals surface area (Å²) >= 11 is 3.39. The standard InChI is InChI=1S/C16H20BrNO3/c1-16(2,10-6-8-11(17)9-7-10)18-14(19)12-4-3-5-13(12)15(20)21/h6-9,12-13H,3-5H2,1-2H3,(H,18,19)(H,20,21). The molecule has 21 heavy (non-hydrogen) atoms. The van der Waals surface area contributed by atoms with Crippen LogP contribution in [0.15, 0.2) is 28.7 Å². The SMILES string of the molecule is CC(C)(NC(=O)C1CCCC1C(=O)O)c1ccc(Br)cc1. The van der Waals surface area contributed by atoms with Crippen molar-refractivity contribution in [3.05, 3.63) is 34.3 Å². The molecule has 5 heteroatoms. The van der Waals surface area contributed by atoms with E-state index in [1.165, 1.54) is 0 Å². The predicted molar refractivity (Wildman–Crippen MR) is 83.8 cm³/mol. The molecule has 0 saturated heterocycles. The molecule has 0 aromatic heterocycles. The van der Waals surface area contributed by atoms with Crippen molar-refractivity contribution in [2.45, 2.75) is 38.6 Å². The topological polar surface area (TPSA) is 66.4 Å². The van der Waals surface area contributed by atoms with E-state index in [0.717, 1.165) is 16.5 Å². The summed E-state index contributed by atoms with van der Waals surface area (Å²) in [6, 6.07) is 7.76. The molecule has 2 unspecified atom stereocenters. The minimum atomic E-state index is -0.867. The van der Waals surface area contributed by atoms with Gasteiger partial charge >= 0.3 is 5.97 Å². The Kier molecular flexibility index (Phi) is 4.71. The minimum Gasteiger partial charge on any atom is -0.481 e. The van der Waals surface area contributed by atoms with Gasteiger partial charge < -0.3 is 10.4 Å². The average molecular weight is 354 g/mol. The van der Waals surface area contributed by atoms with Crippen molar-refractivity contribution in [1.29, 1.82) is 0 Å². The van der Waals surface area contributed by atoms with E-state index in [2.05, 4.69) is 21.2 Å². The van der Waals surface area contributed by atoms with Crippen LogP contribution >= 0.6 is 15.9 Å². The third-order valence-corrected chi connectivity index (χ3v) is 4.70. The van der Waals surface area contributed by atoms with Crippen molar-refractivity contribution in [3.63, 3.8) is 0 Å². The fourth-order valence-corrected chi connectivity index (χ4v) is 3.17. The molecule has 1 aromatic rings. The lowest BCUT2D eigenvalue weighted by molar-refractivity contribution is -0.146. The van der Waals surface area contributed by atoms with Gasteiger partial charge in [0.1, 0.15) is 0 Å². The summed E-state index contributed by atoms with van der Waals surface area (Å²) in [5.41, 5.74) is 0.465. The zero-order valence-corrected chi connectivity index (χ0v) is 13.8. The third kappa shape index (κ3) is 3.64. The van der Waals surface area contributed by atoms with E-state index in [-0.39, 0.29) is 5.91 Å². The Bertz CT molecular complexity index is 539. The summed E-state index contributed by atoms with van der Waals surface area (Å²) in [7, 11) is 0. The number of hydrogen-bond donors (Lipinski definition) is 2. The molecular formula is C16H20BrNO3. The van der Waals surface area contributed by atoms with Gasteiger partial charge in [-0.05, 0) is 44.4 Å². The quantitative estimate of drug-likeness (QED) is 0.872. The second kappa shape index (κ2) is 6.18. The zero-order valence-electron chi connectivity index (χ0n) is 12.2. The highest BCUT2D eigenvalue weighted by Gasteiger charge is 2.39. The lowest BCUT2D eigenvalue weighted by atomic mass is 9.90. The molecule has 0 aliphatic heterocycles. The van der Waals surface area contributed by atoms with Gasteiger partial charge in [-0.25, -0.2) is 0 Å². The van der Waals surface area contributed by atoms with Gasteiger partial charge in [-0.2, -0.15) is 0 Å². The van der Waals surface area contributed by atoms with E-state index in [1.807, 2.05) is 38.1 Å². The molecular weight excluding hydrogens is 334 g/mol. The van der Waals surface area contributed by atoms with Gasteiger partial charge in [0, 0.05) is 4.47 Å². The number of rotatable bonds is 4. The maximum Gasteiger partial charge on any atom is 0.307 e. The molecule has 1 aliphatic rings. The molecule has 114 valence electrons. The summed E-state index contributed by atoms with van der Waals surface area (Å²) in [6.45, 7) is 3.86. The van der Waals surface area contributed by atoms with Crippen LogP contribution in [0.5, 0.6) is 0 Å². The second-order valence-electron chi connectivity index (χ2n) is 6.10. The van der Waals surface area contributed by atoms with Crippen LogP contribution in [0, 0.1) is 11.8 Å². The monoisotopic (exact) mass is 353 g/mol. The lowest BCUT2D eigenvalue weighted by Crippen LogP contribution is -2.45. The van der Waals surface area contributed by atoms with Gasteiger partial charge in [-0.3, -0.25) is 9.59 Å². The fraction of sp³-hybridized carbons (Fsp3) is 0.500. The van der Waals surface area contributed by atoms with Crippen LogP contribution in [0.2, 0.25) is 0 Å². The number of carboxylic acid groups (broad SMARTS) is 1. The maximum absolute atomic E-state index is 12.4. The predicted octanol–water partition coefficient (Wildman–Crippen LogP) is 3.30. The van der Waals surface area contributed by atoms with E-state index in [1.54, 1.807) is 0 Å². The van der Waals surface area contributed by atoms with Crippen LogP contribution in [0.4, 0.5) is 0 Å². The molecule has 2 atom stereocenters. The number of aliphatic carboxylic acids is 1. The molecule has 1 fully saturated rings. The van der Waals surface area contributed by atoms with Crippen LogP contribution in [0.1, 0.15) is 38.7 Å². The van der Waals surface area contributed by atoms with E-state index in [0.29, 0.717) is 12.8 Å². The lowest BCUT2D eigenvalue weighted by Gasteiger charge is -2.29. The average Bonchev–Trinajstić information content (AvgIpc) is 2.88. The number of nitrogens with one attached hydrogen (secondary N) is 1. The highest BCUT2D eigenvalue weighted by molar-refractivity contribution is 9.10. The third-order valence-electron chi connectivity index (χ3n) is 4.17. The van der Waals surface area contributed by atoms with Crippen LogP contribution in [0.25, 0.3) is 0 Å². The van der Waals surface area contributed by atoms with E-state index in [4.69, 9.17) is 0 Å². The Hall–Kier alpha value is -1.36. The van der Waals surface area contributed by atoms with Crippen LogP contribution in [-0.2, 0) is 15.1 Å². The first-order valence-corrected chi connectivity index (χ1v) is 7.91. The Labute approximate surface area is 133 Å². The van der Waals surface area contributed by atoms with E-state index >= 15 is 0 Å². The van der Waals surface area contributed by atoms with Crippen molar-refractivity contribution in [1.82, 2.24) is 5.32 Å². The molecule has 0 radical (unpaired) electrons. The first-order valence-electron chi connectivity index (χ1n) is 7.12. The highest BCUT2D eigenvalue weighted by Crippen LogP contribution is 2.33. The normalized spacial score (nSPS) is 22.0. The number of carbonyl (C=O) groups excluding carboxylic acids is 1. The molecule has 1 aliphatic carbocycles.